The Morgan fingerprint density at radius 2 is 2.16 bits per heavy atom. The summed E-state index contributed by atoms with van der Waals surface area (Å²) in [5, 5.41) is 12.3. The Bertz CT molecular complexity index is 755. The van der Waals surface area contributed by atoms with E-state index in [4.69, 9.17) is 0 Å². The van der Waals surface area contributed by atoms with Gasteiger partial charge < -0.3 is 5.11 Å². The number of thiophene rings is 1. The summed E-state index contributed by atoms with van der Waals surface area (Å²) in [5.74, 6) is 1.24. The molecular formula is C22H27NOS. The fourth-order valence-corrected chi connectivity index (χ4v) is 6.76. The molecule has 1 aromatic heterocycles. The van der Waals surface area contributed by atoms with Crippen molar-refractivity contribution >= 4 is 11.3 Å². The maximum absolute atomic E-state index is 10.1. The molecule has 2 nitrogen and oxygen atoms in total. The smallest absolute Gasteiger partial charge is 0.115 e. The van der Waals surface area contributed by atoms with Crippen molar-refractivity contribution in [1.29, 1.82) is 0 Å². The summed E-state index contributed by atoms with van der Waals surface area (Å²) in [7, 11) is 0. The van der Waals surface area contributed by atoms with Crippen molar-refractivity contribution in [2.24, 2.45) is 5.92 Å². The number of phenols is 1. The lowest BCUT2D eigenvalue weighted by Crippen LogP contribution is -2.61. The van der Waals surface area contributed by atoms with Crippen LogP contribution in [0.3, 0.4) is 0 Å². The van der Waals surface area contributed by atoms with E-state index >= 15 is 0 Å². The maximum Gasteiger partial charge on any atom is 0.115 e. The van der Waals surface area contributed by atoms with Crippen molar-refractivity contribution in [3.63, 3.8) is 0 Å². The number of likely N-dealkylation sites (tertiary alicyclic amines) is 1. The van der Waals surface area contributed by atoms with E-state index in [-0.39, 0.29) is 0 Å². The lowest BCUT2D eigenvalue weighted by atomic mass is 9.52. The monoisotopic (exact) mass is 353 g/mol. The molecule has 3 atom stereocenters. The van der Waals surface area contributed by atoms with Gasteiger partial charge in [0, 0.05) is 22.9 Å². The third-order valence-electron chi connectivity index (χ3n) is 7.16. The standard InChI is InChI=1S/C22H27NOS/c24-17-7-6-16-14-21-19-5-1-2-9-22(19,20(16)15-17)10-12-23(21)11-8-18-4-3-13-25-18/h3-4,6-7,13,15,19,21,24H,1-2,5,8-12,14H2/t19-,21-,22+/m0/s1. The third-order valence-corrected chi connectivity index (χ3v) is 8.10. The molecule has 2 fully saturated rings. The van der Waals surface area contributed by atoms with Crippen molar-refractivity contribution in [3.8, 4) is 5.75 Å². The highest BCUT2D eigenvalue weighted by molar-refractivity contribution is 7.09. The van der Waals surface area contributed by atoms with Gasteiger partial charge in [-0.2, -0.15) is 0 Å². The number of aromatic hydroxyl groups is 1. The zero-order valence-corrected chi connectivity index (χ0v) is 15.6. The van der Waals surface area contributed by atoms with E-state index in [1.807, 2.05) is 17.4 Å². The van der Waals surface area contributed by atoms with Crippen LogP contribution in [-0.2, 0) is 18.3 Å². The van der Waals surface area contributed by atoms with Gasteiger partial charge in [0.2, 0.25) is 0 Å². The summed E-state index contributed by atoms with van der Waals surface area (Å²) in [5.41, 5.74) is 3.34. The highest BCUT2D eigenvalue weighted by atomic mass is 32.1. The van der Waals surface area contributed by atoms with Gasteiger partial charge in [-0.05, 0) is 79.3 Å². The number of fused-ring (bicyclic) bond motifs is 1. The largest absolute Gasteiger partial charge is 0.508 e. The van der Waals surface area contributed by atoms with Crippen LogP contribution in [0.25, 0.3) is 0 Å². The summed E-state index contributed by atoms with van der Waals surface area (Å²) < 4.78 is 0. The fourth-order valence-electron chi connectivity index (χ4n) is 6.06. The quantitative estimate of drug-likeness (QED) is 0.860. The Labute approximate surface area is 154 Å². The molecule has 3 heteroatoms. The average molecular weight is 354 g/mol. The van der Waals surface area contributed by atoms with E-state index in [0.717, 1.165) is 5.92 Å². The van der Waals surface area contributed by atoms with Crippen LogP contribution in [-0.4, -0.2) is 29.1 Å². The van der Waals surface area contributed by atoms with E-state index in [0.29, 0.717) is 17.2 Å². The van der Waals surface area contributed by atoms with Gasteiger partial charge in [0.1, 0.15) is 5.75 Å². The predicted molar refractivity (Wildman–Crippen MR) is 103 cm³/mol. The van der Waals surface area contributed by atoms with Crippen LogP contribution in [0.2, 0.25) is 0 Å². The van der Waals surface area contributed by atoms with Crippen molar-refractivity contribution in [2.45, 2.75) is 56.4 Å². The molecule has 3 aliphatic rings. The lowest BCUT2D eigenvalue weighted by Gasteiger charge is -2.59. The molecule has 25 heavy (non-hydrogen) atoms. The van der Waals surface area contributed by atoms with Crippen LogP contribution < -0.4 is 0 Å². The first-order chi connectivity index (χ1) is 12.3. The van der Waals surface area contributed by atoms with Crippen LogP contribution in [0.1, 0.15) is 48.1 Å². The molecule has 5 rings (SSSR count). The summed E-state index contributed by atoms with van der Waals surface area (Å²) in [4.78, 5) is 4.31. The van der Waals surface area contributed by atoms with Gasteiger partial charge in [-0.1, -0.05) is 25.0 Å². The van der Waals surface area contributed by atoms with Gasteiger partial charge in [0.05, 0.1) is 0 Å². The van der Waals surface area contributed by atoms with Crippen LogP contribution in [0, 0.1) is 5.92 Å². The molecule has 1 saturated carbocycles. The van der Waals surface area contributed by atoms with Crippen molar-refractivity contribution in [1.82, 2.24) is 4.90 Å². The minimum absolute atomic E-state index is 0.342. The normalized spacial score (nSPS) is 31.4. The molecule has 0 amide bonds. The van der Waals surface area contributed by atoms with Crippen molar-refractivity contribution in [2.75, 3.05) is 13.1 Å². The minimum atomic E-state index is 0.342. The van der Waals surface area contributed by atoms with Crippen LogP contribution >= 0.6 is 11.3 Å². The molecule has 1 aromatic carbocycles. The summed E-state index contributed by atoms with van der Waals surface area (Å²) >= 11 is 1.89. The zero-order chi connectivity index (χ0) is 16.9. The zero-order valence-electron chi connectivity index (χ0n) is 14.8. The maximum atomic E-state index is 10.1. The number of benzene rings is 1. The number of nitrogens with zero attached hydrogens (tertiary/aromatic N) is 1. The van der Waals surface area contributed by atoms with Gasteiger partial charge in [-0.25, -0.2) is 0 Å². The average Bonchev–Trinajstić information content (AvgIpc) is 3.15. The second kappa shape index (κ2) is 6.14. The van der Waals surface area contributed by atoms with Crippen LogP contribution in [0.4, 0.5) is 0 Å². The van der Waals surface area contributed by atoms with Gasteiger partial charge in [-0.15, -0.1) is 11.3 Å². The second-order valence-electron chi connectivity index (χ2n) is 8.24. The molecular weight excluding hydrogens is 326 g/mol. The van der Waals surface area contributed by atoms with Crippen molar-refractivity contribution < 1.29 is 5.11 Å². The highest BCUT2D eigenvalue weighted by Gasteiger charge is 2.53. The molecule has 2 aliphatic carbocycles. The highest BCUT2D eigenvalue weighted by Crippen LogP contribution is 2.56. The van der Waals surface area contributed by atoms with E-state index < -0.39 is 0 Å². The number of hydrogen-bond donors (Lipinski definition) is 1. The fraction of sp³-hybridized carbons (Fsp3) is 0.545. The minimum Gasteiger partial charge on any atom is -0.508 e. The van der Waals surface area contributed by atoms with E-state index in [1.54, 1.807) is 0 Å². The summed E-state index contributed by atoms with van der Waals surface area (Å²) in [6.45, 7) is 2.42. The number of piperidine rings is 1. The Hall–Kier alpha value is -1.32. The molecule has 0 unspecified atom stereocenters. The van der Waals surface area contributed by atoms with Gasteiger partial charge in [-0.3, -0.25) is 4.90 Å². The Balaban J connectivity index is 1.47. The molecule has 1 saturated heterocycles. The van der Waals surface area contributed by atoms with E-state index in [2.05, 4.69) is 34.5 Å². The van der Waals surface area contributed by atoms with Gasteiger partial charge in [0.15, 0.2) is 0 Å². The number of rotatable bonds is 3. The van der Waals surface area contributed by atoms with Crippen LogP contribution in [0.5, 0.6) is 5.75 Å². The third kappa shape index (κ3) is 2.55. The molecule has 2 bridgehead atoms. The Morgan fingerprint density at radius 3 is 3.04 bits per heavy atom. The van der Waals surface area contributed by atoms with Gasteiger partial charge in [0.25, 0.3) is 0 Å². The molecule has 1 N–H and O–H groups in total. The summed E-state index contributed by atoms with van der Waals surface area (Å²) in [6, 6.07) is 11.3. The second-order valence-corrected chi connectivity index (χ2v) is 9.27. The van der Waals surface area contributed by atoms with Crippen molar-refractivity contribution in [3.05, 3.63) is 51.7 Å². The first-order valence-electron chi connectivity index (χ1n) is 9.85. The molecule has 2 heterocycles. The molecule has 2 aromatic rings. The summed E-state index contributed by atoms with van der Waals surface area (Å²) in [6.07, 6.45) is 9.07. The topological polar surface area (TPSA) is 23.5 Å². The first-order valence-corrected chi connectivity index (χ1v) is 10.7. The first kappa shape index (κ1) is 15.9. The molecule has 0 spiro atoms. The van der Waals surface area contributed by atoms with Crippen LogP contribution in [0.15, 0.2) is 35.7 Å². The van der Waals surface area contributed by atoms with Gasteiger partial charge >= 0.3 is 0 Å². The Kier molecular flexibility index (Phi) is 3.90. The Morgan fingerprint density at radius 1 is 1.20 bits per heavy atom. The lowest BCUT2D eigenvalue weighted by molar-refractivity contribution is -0.0106. The molecule has 1 aliphatic heterocycles. The number of hydrogen-bond acceptors (Lipinski definition) is 3. The van der Waals surface area contributed by atoms with E-state index in [1.165, 1.54) is 74.0 Å². The molecule has 0 radical (unpaired) electrons. The SMILES string of the molecule is Oc1ccc2c(c1)[C@@]13CCCC[C@H]1[C@H](C2)N(CCc1cccs1)CC3. The molecule has 132 valence electrons. The predicted octanol–water partition coefficient (Wildman–Crippen LogP) is 4.75. The number of phenolic OH excluding ortho intramolecular Hbond substituents is 1. The van der Waals surface area contributed by atoms with E-state index in [9.17, 15) is 5.11 Å².